The number of pyridine rings is 1. The number of rotatable bonds is 4. The van der Waals surface area contributed by atoms with Gasteiger partial charge in [0.25, 0.3) is 0 Å². The minimum Gasteiger partial charge on any atom is -0.478 e. The Balaban J connectivity index is 2.04. The molecule has 1 atom stereocenters. The number of nitrogens with zero attached hydrogens (tertiary/aromatic N) is 1. The van der Waals surface area contributed by atoms with Crippen molar-refractivity contribution in [3.63, 3.8) is 0 Å². The zero-order valence-electron chi connectivity index (χ0n) is 9.35. The number of nitrogens with two attached hydrogens (primary N) is 1. The second-order valence-corrected chi connectivity index (χ2v) is 4.04. The highest BCUT2D eigenvalue weighted by atomic mass is 16.5. The monoisotopic (exact) mass is 237 g/mol. The number of nitrogens with one attached hydrogen (secondary N) is 1. The van der Waals surface area contributed by atoms with Crippen molar-refractivity contribution in [2.45, 2.75) is 6.42 Å². The fourth-order valence-electron chi connectivity index (χ4n) is 1.79. The van der Waals surface area contributed by atoms with Gasteiger partial charge in [0.05, 0.1) is 17.9 Å². The van der Waals surface area contributed by atoms with Crippen LogP contribution in [0.1, 0.15) is 16.8 Å². The summed E-state index contributed by atoms with van der Waals surface area (Å²) in [6.07, 6.45) is 2.44. The number of ether oxygens (including phenoxy) is 1. The van der Waals surface area contributed by atoms with Gasteiger partial charge in [-0.15, -0.1) is 0 Å². The Morgan fingerprint density at radius 1 is 1.71 bits per heavy atom. The third-order valence-electron chi connectivity index (χ3n) is 2.80. The maximum absolute atomic E-state index is 10.9. The number of aromatic carboxylic acids is 1. The molecule has 1 aromatic heterocycles. The van der Waals surface area contributed by atoms with Crippen molar-refractivity contribution in [3.8, 4) is 0 Å². The topological polar surface area (TPSA) is 97.5 Å². The summed E-state index contributed by atoms with van der Waals surface area (Å²) in [5.74, 6) is -0.182. The number of carboxylic acid groups (broad SMARTS) is 1. The lowest BCUT2D eigenvalue weighted by atomic mass is 10.1. The van der Waals surface area contributed by atoms with E-state index < -0.39 is 5.97 Å². The van der Waals surface area contributed by atoms with Crippen LogP contribution in [0.25, 0.3) is 0 Å². The van der Waals surface area contributed by atoms with Gasteiger partial charge in [0.15, 0.2) is 0 Å². The number of anilines is 2. The highest BCUT2D eigenvalue weighted by Crippen LogP contribution is 2.21. The first-order valence-electron chi connectivity index (χ1n) is 5.48. The number of hydrogen-bond donors (Lipinski definition) is 3. The summed E-state index contributed by atoms with van der Waals surface area (Å²) in [7, 11) is 0. The maximum atomic E-state index is 10.9. The van der Waals surface area contributed by atoms with Gasteiger partial charge in [0, 0.05) is 25.3 Å². The molecule has 0 saturated carbocycles. The van der Waals surface area contributed by atoms with Gasteiger partial charge >= 0.3 is 5.97 Å². The van der Waals surface area contributed by atoms with Gasteiger partial charge in [-0.25, -0.2) is 9.78 Å². The minimum atomic E-state index is -1.04. The summed E-state index contributed by atoms with van der Waals surface area (Å²) < 4.78 is 5.25. The molecule has 2 rings (SSSR count). The highest BCUT2D eigenvalue weighted by Gasteiger charge is 2.17. The van der Waals surface area contributed by atoms with Crippen molar-refractivity contribution in [2.24, 2.45) is 5.92 Å². The molecule has 1 fully saturated rings. The SMILES string of the molecule is Nc1c(C(=O)O)ccnc1NCC1CCOC1. The van der Waals surface area contributed by atoms with Crippen LogP contribution in [0.3, 0.4) is 0 Å². The number of nitrogen functional groups attached to an aromatic ring is 1. The number of carboxylic acids is 1. The predicted molar refractivity (Wildman–Crippen MR) is 63.0 cm³/mol. The normalized spacial score (nSPS) is 19.2. The molecule has 0 bridgehead atoms. The van der Waals surface area contributed by atoms with Gasteiger partial charge in [0.2, 0.25) is 0 Å². The van der Waals surface area contributed by atoms with E-state index in [0.29, 0.717) is 18.3 Å². The van der Waals surface area contributed by atoms with Crippen LogP contribution in [0.15, 0.2) is 12.3 Å². The van der Waals surface area contributed by atoms with Crippen molar-refractivity contribution in [1.82, 2.24) is 4.98 Å². The fourth-order valence-corrected chi connectivity index (χ4v) is 1.79. The standard InChI is InChI=1S/C11H15N3O3/c12-9-8(11(15)16)1-3-13-10(9)14-5-7-2-4-17-6-7/h1,3,7H,2,4-6,12H2,(H,13,14)(H,15,16). The molecular formula is C11H15N3O3. The first kappa shape index (κ1) is 11.7. The Morgan fingerprint density at radius 3 is 3.18 bits per heavy atom. The van der Waals surface area contributed by atoms with Crippen LogP contribution in [0, 0.1) is 5.92 Å². The van der Waals surface area contributed by atoms with E-state index in [9.17, 15) is 4.79 Å². The lowest BCUT2D eigenvalue weighted by Gasteiger charge is -2.12. The average Bonchev–Trinajstić information content (AvgIpc) is 2.80. The van der Waals surface area contributed by atoms with E-state index in [1.807, 2.05) is 0 Å². The van der Waals surface area contributed by atoms with Crippen LogP contribution < -0.4 is 11.1 Å². The van der Waals surface area contributed by atoms with Crippen LogP contribution >= 0.6 is 0 Å². The molecule has 0 amide bonds. The Bertz CT molecular complexity index is 416. The minimum absolute atomic E-state index is 0.0742. The molecule has 1 aliphatic rings. The van der Waals surface area contributed by atoms with Gasteiger partial charge in [-0.05, 0) is 12.5 Å². The summed E-state index contributed by atoms with van der Waals surface area (Å²) in [4.78, 5) is 14.9. The molecule has 92 valence electrons. The molecule has 6 nitrogen and oxygen atoms in total. The largest absolute Gasteiger partial charge is 0.478 e. The van der Waals surface area contributed by atoms with E-state index in [2.05, 4.69) is 10.3 Å². The summed E-state index contributed by atoms with van der Waals surface area (Å²) in [5.41, 5.74) is 5.99. The van der Waals surface area contributed by atoms with Crippen molar-refractivity contribution >= 4 is 17.5 Å². The fraction of sp³-hybridized carbons (Fsp3) is 0.455. The quantitative estimate of drug-likeness (QED) is 0.717. The smallest absolute Gasteiger partial charge is 0.337 e. The summed E-state index contributed by atoms with van der Waals surface area (Å²) in [5, 5.41) is 12.0. The molecule has 2 heterocycles. The van der Waals surface area contributed by atoms with E-state index in [0.717, 1.165) is 19.6 Å². The van der Waals surface area contributed by atoms with Gasteiger partial charge < -0.3 is 20.9 Å². The van der Waals surface area contributed by atoms with Crippen LogP contribution in [-0.2, 0) is 4.74 Å². The molecule has 4 N–H and O–H groups in total. The predicted octanol–water partition coefficient (Wildman–Crippen LogP) is 0.810. The van der Waals surface area contributed by atoms with E-state index in [-0.39, 0.29) is 11.3 Å². The Hall–Kier alpha value is -1.82. The molecular weight excluding hydrogens is 222 g/mol. The van der Waals surface area contributed by atoms with Crippen LogP contribution in [0.2, 0.25) is 0 Å². The van der Waals surface area contributed by atoms with Gasteiger partial charge in [-0.2, -0.15) is 0 Å². The van der Waals surface area contributed by atoms with Crippen molar-refractivity contribution in [1.29, 1.82) is 0 Å². The van der Waals surface area contributed by atoms with Crippen molar-refractivity contribution < 1.29 is 14.6 Å². The maximum Gasteiger partial charge on any atom is 0.337 e. The average molecular weight is 237 g/mol. The summed E-state index contributed by atoms with van der Waals surface area (Å²) >= 11 is 0. The van der Waals surface area contributed by atoms with Crippen molar-refractivity contribution in [3.05, 3.63) is 17.8 Å². The van der Waals surface area contributed by atoms with Crippen LogP contribution in [0.4, 0.5) is 11.5 Å². The zero-order valence-corrected chi connectivity index (χ0v) is 9.35. The second kappa shape index (κ2) is 5.01. The van der Waals surface area contributed by atoms with Crippen LogP contribution in [-0.4, -0.2) is 35.8 Å². The lowest BCUT2D eigenvalue weighted by molar-refractivity contribution is 0.0698. The Morgan fingerprint density at radius 2 is 2.53 bits per heavy atom. The third kappa shape index (κ3) is 2.65. The third-order valence-corrected chi connectivity index (χ3v) is 2.80. The molecule has 17 heavy (non-hydrogen) atoms. The molecule has 0 radical (unpaired) electrons. The first-order valence-corrected chi connectivity index (χ1v) is 5.48. The van der Waals surface area contributed by atoms with Gasteiger partial charge in [-0.3, -0.25) is 0 Å². The van der Waals surface area contributed by atoms with E-state index >= 15 is 0 Å². The molecule has 0 aliphatic carbocycles. The van der Waals surface area contributed by atoms with E-state index in [1.165, 1.54) is 12.3 Å². The summed E-state index contributed by atoms with van der Waals surface area (Å²) in [6, 6.07) is 1.39. The molecule has 0 aromatic carbocycles. The van der Waals surface area contributed by atoms with E-state index in [4.69, 9.17) is 15.6 Å². The van der Waals surface area contributed by atoms with Crippen LogP contribution in [0.5, 0.6) is 0 Å². The Labute approximate surface area is 98.8 Å². The molecule has 1 aliphatic heterocycles. The van der Waals surface area contributed by atoms with Gasteiger partial charge in [-0.1, -0.05) is 0 Å². The first-order chi connectivity index (χ1) is 8.18. The summed E-state index contributed by atoms with van der Waals surface area (Å²) in [6.45, 7) is 2.20. The number of aromatic nitrogens is 1. The molecule has 6 heteroatoms. The van der Waals surface area contributed by atoms with E-state index in [1.54, 1.807) is 0 Å². The van der Waals surface area contributed by atoms with Crippen molar-refractivity contribution in [2.75, 3.05) is 30.8 Å². The lowest BCUT2D eigenvalue weighted by Crippen LogP contribution is -2.16. The molecule has 0 spiro atoms. The zero-order chi connectivity index (χ0) is 12.3. The molecule has 1 unspecified atom stereocenters. The molecule has 1 saturated heterocycles. The number of carbonyl (C=O) groups is 1. The van der Waals surface area contributed by atoms with Gasteiger partial charge in [0.1, 0.15) is 5.82 Å². The second-order valence-electron chi connectivity index (χ2n) is 4.04. The molecule has 1 aromatic rings. The Kier molecular flexibility index (Phi) is 3.43. The highest BCUT2D eigenvalue weighted by molar-refractivity contribution is 5.96. The number of hydrogen-bond acceptors (Lipinski definition) is 5.